The Morgan fingerprint density at radius 1 is 1.26 bits per heavy atom. The fourth-order valence-electron chi connectivity index (χ4n) is 2.18. The van der Waals surface area contributed by atoms with Crippen LogP contribution in [0.3, 0.4) is 0 Å². The van der Waals surface area contributed by atoms with Gasteiger partial charge in [0.05, 0.1) is 12.2 Å². The van der Waals surface area contributed by atoms with Gasteiger partial charge in [0.2, 0.25) is 5.89 Å². The molecule has 1 unspecified atom stereocenters. The van der Waals surface area contributed by atoms with E-state index >= 15 is 0 Å². The van der Waals surface area contributed by atoms with Crippen molar-refractivity contribution in [3.05, 3.63) is 53.2 Å². The molecule has 0 bridgehead atoms. The molecule has 0 fully saturated rings. The van der Waals surface area contributed by atoms with E-state index in [0.717, 1.165) is 31.0 Å². The van der Waals surface area contributed by atoms with E-state index in [4.69, 9.17) is 4.42 Å². The van der Waals surface area contributed by atoms with Gasteiger partial charge in [-0.25, -0.2) is 4.98 Å². The largest absolute Gasteiger partial charge is 0.444 e. The van der Waals surface area contributed by atoms with Gasteiger partial charge in [0.25, 0.3) is 0 Å². The predicted molar refractivity (Wildman–Crippen MR) is 77.2 cm³/mol. The standard InChI is InChI=1S/C16H22N2O/c1-4-17-13(3)16-18-11-15(19-16)10-9-14-8-6-5-7-12(14)2/h5-8,11,13,17H,4,9-10H2,1-3H3. The fraction of sp³-hybridized carbons (Fsp3) is 0.438. The Kier molecular flexibility index (Phi) is 4.74. The molecule has 102 valence electrons. The van der Waals surface area contributed by atoms with Crippen LogP contribution in [0.2, 0.25) is 0 Å². The molecule has 1 N–H and O–H groups in total. The van der Waals surface area contributed by atoms with Crippen molar-refractivity contribution in [2.45, 2.75) is 39.7 Å². The van der Waals surface area contributed by atoms with Gasteiger partial charge < -0.3 is 9.73 Å². The Morgan fingerprint density at radius 2 is 2.05 bits per heavy atom. The molecule has 0 spiro atoms. The molecule has 0 saturated heterocycles. The van der Waals surface area contributed by atoms with Crippen LogP contribution >= 0.6 is 0 Å². The highest BCUT2D eigenvalue weighted by molar-refractivity contribution is 5.26. The van der Waals surface area contributed by atoms with E-state index in [2.05, 4.69) is 55.3 Å². The van der Waals surface area contributed by atoms with Crippen molar-refractivity contribution in [3.63, 3.8) is 0 Å². The lowest BCUT2D eigenvalue weighted by atomic mass is 10.0. The average Bonchev–Trinajstić information content (AvgIpc) is 2.87. The summed E-state index contributed by atoms with van der Waals surface area (Å²) in [6, 6.07) is 8.66. The zero-order valence-corrected chi connectivity index (χ0v) is 11.9. The lowest BCUT2D eigenvalue weighted by Crippen LogP contribution is -2.17. The van der Waals surface area contributed by atoms with Gasteiger partial charge in [0.1, 0.15) is 5.76 Å². The number of nitrogens with zero attached hydrogens (tertiary/aromatic N) is 1. The van der Waals surface area contributed by atoms with Crippen molar-refractivity contribution in [1.82, 2.24) is 10.3 Å². The zero-order chi connectivity index (χ0) is 13.7. The molecule has 3 nitrogen and oxygen atoms in total. The molecule has 1 atom stereocenters. The van der Waals surface area contributed by atoms with E-state index in [9.17, 15) is 0 Å². The summed E-state index contributed by atoms with van der Waals surface area (Å²) in [7, 11) is 0. The first-order valence-corrected chi connectivity index (χ1v) is 6.93. The SMILES string of the molecule is CCNC(C)c1ncc(CCc2ccccc2C)o1. The summed E-state index contributed by atoms with van der Waals surface area (Å²) in [6.07, 6.45) is 3.75. The molecule has 0 aliphatic heterocycles. The number of aromatic nitrogens is 1. The van der Waals surface area contributed by atoms with Crippen molar-refractivity contribution in [2.24, 2.45) is 0 Å². The number of aryl methyl sites for hydroxylation is 3. The number of hydrogen-bond donors (Lipinski definition) is 1. The maximum atomic E-state index is 5.79. The molecule has 2 rings (SSSR count). The van der Waals surface area contributed by atoms with Gasteiger partial charge in [-0.15, -0.1) is 0 Å². The quantitative estimate of drug-likeness (QED) is 0.862. The van der Waals surface area contributed by atoms with Gasteiger partial charge >= 0.3 is 0 Å². The minimum Gasteiger partial charge on any atom is -0.444 e. The van der Waals surface area contributed by atoms with Gasteiger partial charge in [-0.2, -0.15) is 0 Å². The van der Waals surface area contributed by atoms with Gasteiger partial charge in [0, 0.05) is 6.42 Å². The summed E-state index contributed by atoms with van der Waals surface area (Å²) >= 11 is 0. The number of nitrogens with one attached hydrogen (secondary N) is 1. The third-order valence-corrected chi connectivity index (χ3v) is 3.35. The number of rotatable bonds is 6. The molecule has 0 aliphatic rings. The zero-order valence-electron chi connectivity index (χ0n) is 11.9. The van der Waals surface area contributed by atoms with Crippen LogP contribution in [0.25, 0.3) is 0 Å². The van der Waals surface area contributed by atoms with Crippen LogP contribution in [0.1, 0.15) is 42.7 Å². The highest BCUT2D eigenvalue weighted by atomic mass is 16.4. The van der Waals surface area contributed by atoms with Crippen LogP contribution in [0.4, 0.5) is 0 Å². The molecule has 1 aromatic carbocycles. The van der Waals surface area contributed by atoms with Crippen LogP contribution in [0.5, 0.6) is 0 Å². The van der Waals surface area contributed by atoms with Crippen LogP contribution in [0.15, 0.2) is 34.9 Å². The van der Waals surface area contributed by atoms with Crippen molar-refractivity contribution in [3.8, 4) is 0 Å². The second-order valence-electron chi connectivity index (χ2n) is 4.87. The van der Waals surface area contributed by atoms with Gasteiger partial charge in [-0.3, -0.25) is 0 Å². The van der Waals surface area contributed by atoms with Crippen LogP contribution in [-0.2, 0) is 12.8 Å². The van der Waals surface area contributed by atoms with E-state index in [1.54, 1.807) is 0 Å². The summed E-state index contributed by atoms with van der Waals surface area (Å²) in [5.74, 6) is 1.74. The molecule has 0 amide bonds. The van der Waals surface area contributed by atoms with Crippen molar-refractivity contribution >= 4 is 0 Å². The Bertz CT molecular complexity index is 519. The van der Waals surface area contributed by atoms with Crippen molar-refractivity contribution < 1.29 is 4.42 Å². The van der Waals surface area contributed by atoms with E-state index in [1.807, 2.05) is 6.20 Å². The maximum absolute atomic E-state index is 5.79. The average molecular weight is 258 g/mol. The molecular formula is C16H22N2O. The van der Waals surface area contributed by atoms with E-state index < -0.39 is 0 Å². The minimum atomic E-state index is 0.178. The number of oxazole rings is 1. The second kappa shape index (κ2) is 6.53. The fourth-order valence-corrected chi connectivity index (χ4v) is 2.18. The van der Waals surface area contributed by atoms with Gasteiger partial charge in [-0.1, -0.05) is 31.2 Å². The van der Waals surface area contributed by atoms with Crippen molar-refractivity contribution in [1.29, 1.82) is 0 Å². The molecule has 2 aromatic rings. The Balaban J connectivity index is 1.95. The summed E-state index contributed by atoms with van der Waals surface area (Å²) in [5.41, 5.74) is 2.71. The lowest BCUT2D eigenvalue weighted by molar-refractivity contribution is 0.398. The van der Waals surface area contributed by atoms with Gasteiger partial charge in [0.15, 0.2) is 0 Å². The summed E-state index contributed by atoms with van der Waals surface area (Å²) in [4.78, 5) is 4.34. The highest BCUT2D eigenvalue weighted by Gasteiger charge is 2.11. The van der Waals surface area contributed by atoms with E-state index in [1.165, 1.54) is 11.1 Å². The molecule has 0 aliphatic carbocycles. The maximum Gasteiger partial charge on any atom is 0.211 e. The molecule has 1 heterocycles. The molecule has 19 heavy (non-hydrogen) atoms. The topological polar surface area (TPSA) is 38.1 Å². The Labute approximate surface area is 115 Å². The third kappa shape index (κ3) is 3.67. The van der Waals surface area contributed by atoms with E-state index in [-0.39, 0.29) is 6.04 Å². The Morgan fingerprint density at radius 3 is 2.79 bits per heavy atom. The van der Waals surface area contributed by atoms with Crippen LogP contribution in [-0.4, -0.2) is 11.5 Å². The van der Waals surface area contributed by atoms with Gasteiger partial charge in [-0.05, 0) is 37.9 Å². The first-order chi connectivity index (χ1) is 9.20. The summed E-state index contributed by atoms with van der Waals surface area (Å²) in [6.45, 7) is 7.22. The molecule has 0 saturated carbocycles. The first-order valence-electron chi connectivity index (χ1n) is 6.93. The molecular weight excluding hydrogens is 236 g/mol. The monoisotopic (exact) mass is 258 g/mol. The smallest absolute Gasteiger partial charge is 0.211 e. The summed E-state index contributed by atoms with van der Waals surface area (Å²) in [5, 5.41) is 3.30. The van der Waals surface area contributed by atoms with Crippen LogP contribution in [0, 0.1) is 6.92 Å². The summed E-state index contributed by atoms with van der Waals surface area (Å²) < 4.78 is 5.79. The normalized spacial score (nSPS) is 12.6. The number of benzene rings is 1. The molecule has 1 aromatic heterocycles. The van der Waals surface area contributed by atoms with Crippen molar-refractivity contribution in [2.75, 3.05) is 6.54 Å². The molecule has 3 heteroatoms. The van der Waals surface area contributed by atoms with Crippen LogP contribution < -0.4 is 5.32 Å². The number of hydrogen-bond acceptors (Lipinski definition) is 3. The lowest BCUT2D eigenvalue weighted by Gasteiger charge is -2.07. The molecule has 0 radical (unpaired) electrons. The first kappa shape index (κ1) is 13.8. The predicted octanol–water partition coefficient (Wildman–Crippen LogP) is 3.44. The minimum absolute atomic E-state index is 0.178. The Hall–Kier alpha value is -1.61. The third-order valence-electron chi connectivity index (χ3n) is 3.35. The second-order valence-corrected chi connectivity index (χ2v) is 4.87. The highest BCUT2D eigenvalue weighted by Crippen LogP contribution is 2.15. The van der Waals surface area contributed by atoms with E-state index in [0.29, 0.717) is 0 Å².